The topological polar surface area (TPSA) is 53.5 Å². The van der Waals surface area contributed by atoms with E-state index in [1.54, 1.807) is 6.07 Å². The third kappa shape index (κ3) is 6.97. The summed E-state index contributed by atoms with van der Waals surface area (Å²) in [4.78, 5) is 0. The van der Waals surface area contributed by atoms with Gasteiger partial charge in [-0.1, -0.05) is 23.2 Å². The maximum atomic E-state index is 8.63. The van der Waals surface area contributed by atoms with Crippen LogP contribution in [-0.4, -0.2) is 38.0 Å². The van der Waals surface area contributed by atoms with E-state index in [2.05, 4.69) is 10.6 Å². The smallest absolute Gasteiger partial charge is 0.142 e. The van der Waals surface area contributed by atoms with Gasteiger partial charge in [0, 0.05) is 36.8 Å². The molecule has 1 rings (SSSR count). The predicted molar refractivity (Wildman–Crippen MR) is 79.3 cm³/mol. The number of ether oxygens (including phenoxy) is 1. The summed E-state index contributed by atoms with van der Waals surface area (Å²) in [6, 6.07) is 3.53. The number of benzene rings is 1. The number of hydrogen-bond acceptors (Lipinski definition) is 4. The van der Waals surface area contributed by atoms with Crippen LogP contribution in [0.15, 0.2) is 12.1 Å². The summed E-state index contributed by atoms with van der Waals surface area (Å²) in [6.45, 7) is 5.45. The minimum atomic E-state index is 0. The van der Waals surface area contributed by atoms with Crippen molar-refractivity contribution in [1.82, 2.24) is 10.6 Å². The average Bonchev–Trinajstić information content (AvgIpc) is 2.37. The Bertz CT molecular complexity index is 392. The third-order valence-electron chi connectivity index (χ3n) is 2.46. The highest BCUT2D eigenvalue weighted by Gasteiger charge is 2.09. The zero-order chi connectivity index (χ0) is 14.1. The summed E-state index contributed by atoms with van der Waals surface area (Å²) in [5.74, 6) is 0.685. The minimum Gasteiger partial charge on any atom is -1.00 e. The lowest BCUT2D eigenvalue weighted by molar-refractivity contribution is -0.00000537. The fourth-order valence-electron chi connectivity index (χ4n) is 1.65. The van der Waals surface area contributed by atoms with Crippen LogP contribution in [0.4, 0.5) is 0 Å². The van der Waals surface area contributed by atoms with E-state index in [4.69, 9.17) is 33.0 Å². The normalized spacial score (nSPS) is 10.2. The summed E-state index contributed by atoms with van der Waals surface area (Å²) in [6.07, 6.45) is 0. The first-order chi connectivity index (χ1) is 9.19. The van der Waals surface area contributed by atoms with Gasteiger partial charge in [-0.25, -0.2) is 0 Å². The van der Waals surface area contributed by atoms with Crippen molar-refractivity contribution in [3.63, 3.8) is 0 Å². The van der Waals surface area contributed by atoms with Crippen LogP contribution in [0.25, 0.3) is 0 Å². The maximum Gasteiger partial charge on any atom is 0.142 e. The predicted octanol–water partition coefficient (Wildman–Crippen LogP) is -0.932. The third-order valence-corrected chi connectivity index (χ3v) is 2.96. The van der Waals surface area contributed by atoms with E-state index in [0.29, 0.717) is 35.5 Å². The van der Waals surface area contributed by atoms with Crippen LogP contribution < -0.4 is 27.8 Å². The molecule has 0 fully saturated rings. The van der Waals surface area contributed by atoms with Crippen LogP contribution in [0.5, 0.6) is 5.75 Å². The molecule has 3 N–H and O–H groups in total. The second-order valence-corrected chi connectivity index (χ2v) is 4.80. The fourth-order valence-corrected chi connectivity index (χ4v) is 2.24. The molecule has 116 valence electrons. The lowest BCUT2D eigenvalue weighted by Crippen LogP contribution is -3.00. The van der Waals surface area contributed by atoms with Crippen molar-refractivity contribution in [2.45, 2.75) is 13.5 Å². The quantitative estimate of drug-likeness (QED) is 0.508. The molecule has 0 aliphatic carbocycles. The molecular weight excluding hydrogens is 323 g/mol. The van der Waals surface area contributed by atoms with Gasteiger partial charge in [-0.2, -0.15) is 0 Å². The molecule has 7 heteroatoms. The largest absolute Gasteiger partial charge is 1.00 e. The summed E-state index contributed by atoms with van der Waals surface area (Å²) >= 11 is 12.1. The van der Waals surface area contributed by atoms with Gasteiger partial charge in [0.15, 0.2) is 0 Å². The summed E-state index contributed by atoms with van der Waals surface area (Å²) in [5.41, 5.74) is 0.946. The minimum absolute atomic E-state index is 0. The van der Waals surface area contributed by atoms with Crippen LogP contribution in [0.2, 0.25) is 10.0 Å². The first-order valence-electron chi connectivity index (χ1n) is 6.32. The first-order valence-corrected chi connectivity index (χ1v) is 7.07. The monoisotopic (exact) mass is 341 g/mol. The molecule has 1 aromatic carbocycles. The second kappa shape index (κ2) is 11.4. The zero-order valence-electron chi connectivity index (χ0n) is 11.4. The second-order valence-electron chi connectivity index (χ2n) is 3.96. The molecule has 0 aromatic heterocycles. The van der Waals surface area contributed by atoms with Crippen molar-refractivity contribution >= 4 is 23.2 Å². The maximum absolute atomic E-state index is 8.63. The van der Waals surface area contributed by atoms with Crippen LogP contribution >= 0.6 is 23.2 Å². The summed E-state index contributed by atoms with van der Waals surface area (Å²) in [7, 11) is 0. The molecule has 0 bridgehead atoms. The lowest BCUT2D eigenvalue weighted by Gasteiger charge is -2.13. The van der Waals surface area contributed by atoms with Crippen molar-refractivity contribution in [3.8, 4) is 5.75 Å². The van der Waals surface area contributed by atoms with Gasteiger partial charge in [0.2, 0.25) is 0 Å². The SMILES string of the molecule is CCOc1c(Cl)cc(Cl)cc1CNCCNCCO.[Cl-]. The molecule has 0 unspecified atom stereocenters. The van der Waals surface area contributed by atoms with E-state index in [9.17, 15) is 0 Å². The summed E-state index contributed by atoms with van der Waals surface area (Å²) in [5, 5.41) is 16.1. The van der Waals surface area contributed by atoms with E-state index in [-0.39, 0.29) is 19.0 Å². The van der Waals surface area contributed by atoms with Gasteiger partial charge in [0.1, 0.15) is 5.75 Å². The highest BCUT2D eigenvalue weighted by Crippen LogP contribution is 2.32. The Balaban J connectivity index is 0.00000361. The first kappa shape index (κ1) is 19.8. The van der Waals surface area contributed by atoms with Gasteiger partial charge in [0.25, 0.3) is 0 Å². The van der Waals surface area contributed by atoms with Gasteiger partial charge >= 0.3 is 0 Å². The Morgan fingerprint density at radius 3 is 2.50 bits per heavy atom. The van der Waals surface area contributed by atoms with Crippen LogP contribution in [0.1, 0.15) is 12.5 Å². The molecular formula is C13H20Cl3N2O2-. The Morgan fingerprint density at radius 1 is 1.15 bits per heavy atom. The van der Waals surface area contributed by atoms with E-state index >= 15 is 0 Å². The van der Waals surface area contributed by atoms with E-state index in [1.807, 2.05) is 13.0 Å². The highest BCUT2D eigenvalue weighted by atomic mass is 35.5. The molecule has 20 heavy (non-hydrogen) atoms. The lowest BCUT2D eigenvalue weighted by atomic mass is 10.2. The molecule has 0 spiro atoms. The fraction of sp³-hybridized carbons (Fsp3) is 0.538. The molecule has 0 heterocycles. The van der Waals surface area contributed by atoms with Crippen molar-refractivity contribution < 1.29 is 22.3 Å². The molecule has 4 nitrogen and oxygen atoms in total. The van der Waals surface area contributed by atoms with Crippen molar-refractivity contribution in [2.24, 2.45) is 0 Å². The number of hydrogen-bond donors (Lipinski definition) is 3. The number of halogens is 3. The average molecular weight is 343 g/mol. The Kier molecular flexibility index (Phi) is 11.3. The van der Waals surface area contributed by atoms with Crippen molar-refractivity contribution in [2.75, 3.05) is 32.8 Å². The Hall–Kier alpha value is -0.230. The van der Waals surface area contributed by atoms with Gasteiger partial charge in [-0.3, -0.25) is 0 Å². The molecule has 0 aliphatic heterocycles. The van der Waals surface area contributed by atoms with Gasteiger partial charge < -0.3 is 32.9 Å². The molecule has 0 saturated heterocycles. The van der Waals surface area contributed by atoms with Gasteiger partial charge in [-0.15, -0.1) is 0 Å². The highest BCUT2D eigenvalue weighted by molar-refractivity contribution is 6.35. The Morgan fingerprint density at radius 2 is 1.85 bits per heavy atom. The summed E-state index contributed by atoms with van der Waals surface area (Å²) < 4.78 is 5.54. The van der Waals surface area contributed by atoms with E-state index < -0.39 is 0 Å². The van der Waals surface area contributed by atoms with Crippen LogP contribution in [-0.2, 0) is 6.54 Å². The number of aliphatic hydroxyl groups is 1. The van der Waals surface area contributed by atoms with Crippen molar-refractivity contribution in [1.29, 1.82) is 0 Å². The standard InChI is InChI=1S/C13H20Cl2N2O2.ClH/c1-2-19-13-10(7-11(14)8-12(13)15)9-17-4-3-16-5-6-18;/h7-8,16-18H,2-6,9H2,1H3;1H/p-1. The molecule has 1 aromatic rings. The van der Waals surface area contributed by atoms with E-state index in [1.165, 1.54) is 0 Å². The molecule has 0 saturated carbocycles. The number of rotatable bonds is 9. The molecule has 0 radical (unpaired) electrons. The number of nitrogens with one attached hydrogen (secondary N) is 2. The Labute approximate surface area is 136 Å². The van der Waals surface area contributed by atoms with Gasteiger partial charge in [-0.05, 0) is 19.1 Å². The molecule has 0 atom stereocenters. The molecule has 0 aliphatic rings. The van der Waals surface area contributed by atoms with Crippen LogP contribution in [0, 0.1) is 0 Å². The van der Waals surface area contributed by atoms with Crippen LogP contribution in [0.3, 0.4) is 0 Å². The molecule has 0 amide bonds. The number of aliphatic hydroxyl groups excluding tert-OH is 1. The van der Waals surface area contributed by atoms with E-state index in [0.717, 1.165) is 18.7 Å². The zero-order valence-corrected chi connectivity index (χ0v) is 13.7. The van der Waals surface area contributed by atoms with Crippen molar-refractivity contribution in [3.05, 3.63) is 27.7 Å². The van der Waals surface area contributed by atoms with Gasteiger partial charge in [0.05, 0.1) is 18.2 Å².